The van der Waals surface area contributed by atoms with E-state index in [1.807, 2.05) is 25.1 Å². The van der Waals surface area contributed by atoms with Gasteiger partial charge in [0, 0.05) is 5.69 Å². The van der Waals surface area contributed by atoms with Crippen LogP contribution in [0.25, 0.3) is 10.2 Å². The molecule has 2 aromatic heterocycles. The number of aromatic nitrogens is 2. The molecule has 0 aliphatic carbocycles. The minimum absolute atomic E-state index is 0.0848. The number of amides is 1. The molecule has 1 amide bonds. The van der Waals surface area contributed by atoms with Crippen LogP contribution in [0.5, 0.6) is 0 Å². The SMILES string of the molecule is Cc1cccc(NC(=O)Cn2cnc3sc(C(=O)O)c(C)c3c2=O)c1. The standard InChI is InChI=1S/C17H15N3O4S/c1-9-4-3-5-11(6-9)19-12(21)7-20-8-18-15-13(16(20)22)10(2)14(25-15)17(23)24/h3-6,8H,7H2,1-2H3,(H,19,21)(H,23,24). The molecule has 2 N–H and O–H groups in total. The minimum Gasteiger partial charge on any atom is -0.477 e. The van der Waals surface area contributed by atoms with E-state index in [0.29, 0.717) is 16.1 Å². The molecule has 3 aromatic rings. The molecule has 0 aliphatic heterocycles. The third-order valence-corrected chi connectivity index (χ3v) is 4.92. The van der Waals surface area contributed by atoms with Crippen molar-refractivity contribution in [3.63, 3.8) is 0 Å². The first-order chi connectivity index (χ1) is 11.9. The fourth-order valence-electron chi connectivity index (χ4n) is 2.55. The number of carbonyl (C=O) groups is 2. The average Bonchev–Trinajstić information content (AvgIpc) is 2.88. The molecule has 1 aromatic carbocycles. The lowest BCUT2D eigenvalue weighted by atomic mass is 10.2. The maximum absolute atomic E-state index is 12.6. The number of aryl methyl sites for hydroxylation is 2. The normalized spacial score (nSPS) is 10.8. The highest BCUT2D eigenvalue weighted by Gasteiger charge is 2.19. The summed E-state index contributed by atoms with van der Waals surface area (Å²) in [6, 6.07) is 7.33. The molecule has 0 atom stereocenters. The van der Waals surface area contributed by atoms with Gasteiger partial charge in [0.1, 0.15) is 16.3 Å². The van der Waals surface area contributed by atoms with Gasteiger partial charge >= 0.3 is 5.97 Å². The molecule has 0 spiro atoms. The Morgan fingerprint density at radius 2 is 2.08 bits per heavy atom. The number of rotatable bonds is 4. The number of aromatic carboxylic acids is 1. The van der Waals surface area contributed by atoms with E-state index in [2.05, 4.69) is 10.3 Å². The second-order valence-corrected chi connectivity index (χ2v) is 6.64. The van der Waals surface area contributed by atoms with Crippen LogP contribution in [0, 0.1) is 13.8 Å². The maximum Gasteiger partial charge on any atom is 0.346 e. The van der Waals surface area contributed by atoms with E-state index >= 15 is 0 Å². The molecule has 0 radical (unpaired) electrons. The first-order valence-electron chi connectivity index (χ1n) is 7.45. The van der Waals surface area contributed by atoms with Crippen molar-refractivity contribution in [2.75, 3.05) is 5.32 Å². The Balaban J connectivity index is 1.90. The molecular weight excluding hydrogens is 342 g/mol. The minimum atomic E-state index is -1.09. The van der Waals surface area contributed by atoms with Gasteiger partial charge < -0.3 is 10.4 Å². The predicted molar refractivity (Wildman–Crippen MR) is 95.4 cm³/mol. The topological polar surface area (TPSA) is 101 Å². The van der Waals surface area contributed by atoms with Crippen LogP contribution in [0.15, 0.2) is 35.4 Å². The third-order valence-electron chi connectivity index (χ3n) is 3.73. The Morgan fingerprint density at radius 1 is 1.32 bits per heavy atom. The molecule has 128 valence electrons. The van der Waals surface area contributed by atoms with Gasteiger partial charge in [-0.15, -0.1) is 11.3 Å². The second-order valence-electron chi connectivity index (χ2n) is 5.64. The summed E-state index contributed by atoms with van der Waals surface area (Å²) < 4.78 is 1.18. The summed E-state index contributed by atoms with van der Waals surface area (Å²) in [7, 11) is 0. The molecule has 8 heteroatoms. The highest BCUT2D eigenvalue weighted by molar-refractivity contribution is 7.20. The van der Waals surface area contributed by atoms with E-state index in [1.165, 1.54) is 10.9 Å². The van der Waals surface area contributed by atoms with Gasteiger partial charge in [-0.25, -0.2) is 9.78 Å². The number of benzene rings is 1. The fourth-order valence-corrected chi connectivity index (χ4v) is 3.53. The highest BCUT2D eigenvalue weighted by Crippen LogP contribution is 2.26. The molecule has 7 nitrogen and oxygen atoms in total. The number of carbonyl (C=O) groups excluding carboxylic acids is 1. The van der Waals surface area contributed by atoms with Gasteiger partial charge in [0.25, 0.3) is 5.56 Å². The molecule has 0 fully saturated rings. The number of hydrogen-bond donors (Lipinski definition) is 2. The molecule has 0 bridgehead atoms. The van der Waals surface area contributed by atoms with Crippen LogP contribution in [-0.4, -0.2) is 26.5 Å². The molecule has 0 saturated heterocycles. The number of hydrogen-bond acceptors (Lipinski definition) is 5. The summed E-state index contributed by atoms with van der Waals surface area (Å²) in [5.41, 5.74) is 1.60. The number of carboxylic acid groups (broad SMARTS) is 1. The molecule has 3 rings (SSSR count). The summed E-state index contributed by atoms with van der Waals surface area (Å²) in [5.74, 6) is -1.45. The molecule has 25 heavy (non-hydrogen) atoms. The summed E-state index contributed by atoms with van der Waals surface area (Å²) in [4.78, 5) is 40.5. The van der Waals surface area contributed by atoms with Gasteiger partial charge in [-0.2, -0.15) is 0 Å². The highest BCUT2D eigenvalue weighted by atomic mass is 32.1. The average molecular weight is 357 g/mol. The smallest absolute Gasteiger partial charge is 0.346 e. The van der Waals surface area contributed by atoms with Crippen LogP contribution in [0.1, 0.15) is 20.8 Å². The van der Waals surface area contributed by atoms with Crippen LogP contribution in [-0.2, 0) is 11.3 Å². The molecule has 0 aliphatic rings. The zero-order chi connectivity index (χ0) is 18.1. The van der Waals surface area contributed by atoms with Crippen molar-refractivity contribution in [3.8, 4) is 0 Å². The van der Waals surface area contributed by atoms with E-state index in [4.69, 9.17) is 5.11 Å². The maximum atomic E-state index is 12.6. The van der Waals surface area contributed by atoms with E-state index in [1.54, 1.807) is 13.0 Å². The zero-order valence-electron chi connectivity index (χ0n) is 13.6. The summed E-state index contributed by atoms with van der Waals surface area (Å²) in [6.07, 6.45) is 1.27. The lowest BCUT2D eigenvalue weighted by Crippen LogP contribution is -2.27. The first-order valence-corrected chi connectivity index (χ1v) is 8.27. The quantitative estimate of drug-likeness (QED) is 0.747. The summed E-state index contributed by atoms with van der Waals surface area (Å²) in [6.45, 7) is 3.29. The monoisotopic (exact) mass is 357 g/mol. The van der Waals surface area contributed by atoms with Crippen molar-refractivity contribution in [2.45, 2.75) is 20.4 Å². The lowest BCUT2D eigenvalue weighted by molar-refractivity contribution is -0.116. The Bertz CT molecular complexity index is 1050. The van der Waals surface area contributed by atoms with Gasteiger partial charge in [-0.1, -0.05) is 12.1 Å². The zero-order valence-corrected chi connectivity index (χ0v) is 14.4. The van der Waals surface area contributed by atoms with Gasteiger partial charge in [0.2, 0.25) is 5.91 Å². The van der Waals surface area contributed by atoms with Crippen molar-refractivity contribution in [1.29, 1.82) is 0 Å². The van der Waals surface area contributed by atoms with Gasteiger partial charge in [-0.3, -0.25) is 14.2 Å². The van der Waals surface area contributed by atoms with Gasteiger partial charge in [0.05, 0.1) is 11.7 Å². The third kappa shape index (κ3) is 3.29. The van der Waals surface area contributed by atoms with Gasteiger partial charge in [-0.05, 0) is 37.1 Å². The van der Waals surface area contributed by atoms with E-state index < -0.39 is 11.5 Å². The predicted octanol–water partition coefficient (Wildman–Crippen LogP) is 2.41. The number of thiophene rings is 1. The van der Waals surface area contributed by atoms with E-state index in [0.717, 1.165) is 16.9 Å². The molecule has 0 unspecified atom stereocenters. The first kappa shape index (κ1) is 16.8. The Morgan fingerprint density at radius 3 is 2.76 bits per heavy atom. The number of nitrogens with one attached hydrogen (secondary N) is 1. The van der Waals surface area contributed by atoms with E-state index in [-0.39, 0.29) is 22.7 Å². The van der Waals surface area contributed by atoms with Gasteiger partial charge in [0.15, 0.2) is 0 Å². The van der Waals surface area contributed by atoms with E-state index in [9.17, 15) is 14.4 Å². The number of carboxylic acids is 1. The van der Waals surface area contributed by atoms with Crippen molar-refractivity contribution in [3.05, 3.63) is 57.0 Å². The van der Waals surface area contributed by atoms with Crippen LogP contribution < -0.4 is 10.9 Å². The van der Waals surface area contributed by atoms with Crippen LogP contribution in [0.2, 0.25) is 0 Å². The van der Waals surface area contributed by atoms with Crippen molar-refractivity contribution < 1.29 is 14.7 Å². The second kappa shape index (κ2) is 6.48. The summed E-state index contributed by atoms with van der Waals surface area (Å²) >= 11 is 0.953. The number of nitrogens with zero attached hydrogens (tertiary/aromatic N) is 2. The number of fused-ring (bicyclic) bond motifs is 1. The van der Waals surface area contributed by atoms with Crippen LogP contribution >= 0.6 is 11.3 Å². The molecule has 0 saturated carbocycles. The Kier molecular flexibility index (Phi) is 4.37. The van der Waals surface area contributed by atoms with Crippen LogP contribution in [0.4, 0.5) is 5.69 Å². The van der Waals surface area contributed by atoms with Crippen molar-refractivity contribution in [1.82, 2.24) is 9.55 Å². The fraction of sp³-hybridized carbons (Fsp3) is 0.176. The molecule has 2 heterocycles. The number of anilines is 1. The van der Waals surface area contributed by atoms with Crippen LogP contribution in [0.3, 0.4) is 0 Å². The van der Waals surface area contributed by atoms with Crippen molar-refractivity contribution in [2.24, 2.45) is 0 Å². The lowest BCUT2D eigenvalue weighted by Gasteiger charge is -2.08. The van der Waals surface area contributed by atoms with Crippen molar-refractivity contribution >= 4 is 39.1 Å². The Hall–Kier alpha value is -3.00. The summed E-state index contributed by atoms with van der Waals surface area (Å²) in [5, 5.41) is 12.1. The largest absolute Gasteiger partial charge is 0.477 e. The Labute approximate surface area is 146 Å². The molecular formula is C17H15N3O4S.